The zero-order chi connectivity index (χ0) is 19.7. The topological polar surface area (TPSA) is 74.8 Å². The van der Waals surface area contributed by atoms with Gasteiger partial charge < -0.3 is 20.7 Å². The Bertz CT molecular complexity index is 614. The lowest BCUT2D eigenvalue weighted by atomic mass is 10.1. The largest absolute Gasteiger partial charge is 0.490 e. The monoisotopic (exact) mass is 374 g/mol. The van der Waals surface area contributed by atoms with E-state index in [9.17, 15) is 4.79 Å². The summed E-state index contributed by atoms with van der Waals surface area (Å²) in [5.74, 6) is 1.53. The Morgan fingerprint density at radius 2 is 1.81 bits per heavy atom. The predicted molar refractivity (Wildman–Crippen MR) is 110 cm³/mol. The van der Waals surface area contributed by atoms with Crippen LogP contribution in [0.2, 0.25) is 0 Å². The van der Waals surface area contributed by atoms with E-state index in [1.165, 1.54) is 31.2 Å². The summed E-state index contributed by atoms with van der Waals surface area (Å²) in [4.78, 5) is 16.0. The van der Waals surface area contributed by atoms with Crippen molar-refractivity contribution in [3.63, 3.8) is 0 Å². The normalized spacial score (nSPS) is 15.5. The van der Waals surface area contributed by atoms with Crippen LogP contribution in [-0.2, 0) is 11.2 Å². The van der Waals surface area contributed by atoms with Crippen molar-refractivity contribution in [2.45, 2.75) is 64.5 Å². The summed E-state index contributed by atoms with van der Waals surface area (Å²) in [6.07, 6.45) is 6.17. The van der Waals surface area contributed by atoms with E-state index in [2.05, 4.69) is 45.2 Å². The van der Waals surface area contributed by atoms with Crippen LogP contribution in [0.3, 0.4) is 0 Å². The maximum absolute atomic E-state index is 11.9. The van der Waals surface area contributed by atoms with Crippen molar-refractivity contribution >= 4 is 11.9 Å². The summed E-state index contributed by atoms with van der Waals surface area (Å²) >= 11 is 0. The van der Waals surface area contributed by atoms with E-state index in [-0.39, 0.29) is 18.0 Å². The van der Waals surface area contributed by atoms with Gasteiger partial charge in [-0.15, -0.1) is 0 Å². The number of ether oxygens (including phenoxy) is 1. The van der Waals surface area contributed by atoms with E-state index in [0.29, 0.717) is 12.1 Å². The minimum absolute atomic E-state index is 0.0525. The number of hydrogen-bond donors (Lipinski definition) is 3. The van der Waals surface area contributed by atoms with Gasteiger partial charge in [0.2, 0.25) is 5.91 Å². The average molecular weight is 375 g/mol. The number of guanidine groups is 1. The predicted octanol–water partition coefficient (Wildman–Crippen LogP) is 2.63. The van der Waals surface area contributed by atoms with Gasteiger partial charge in [-0.1, -0.05) is 12.1 Å². The molecule has 6 nitrogen and oxygen atoms in total. The fourth-order valence-corrected chi connectivity index (χ4v) is 3.11. The summed E-state index contributed by atoms with van der Waals surface area (Å²) < 4.78 is 6.00. The molecule has 1 aromatic rings. The van der Waals surface area contributed by atoms with Crippen LogP contribution in [0.4, 0.5) is 0 Å². The Morgan fingerprint density at radius 1 is 1.15 bits per heavy atom. The molecular weight excluding hydrogens is 340 g/mol. The molecule has 0 spiro atoms. The highest BCUT2D eigenvalue weighted by Crippen LogP contribution is 2.24. The molecule has 27 heavy (non-hydrogen) atoms. The lowest BCUT2D eigenvalue weighted by molar-refractivity contribution is -0.121. The summed E-state index contributed by atoms with van der Waals surface area (Å²) in [6.45, 7) is 6.82. The van der Waals surface area contributed by atoms with Gasteiger partial charge in [-0.3, -0.25) is 9.79 Å². The zero-order valence-electron chi connectivity index (χ0n) is 17.1. The SMILES string of the molecule is CN=C(NCCc1ccc(OC2CCCC2)cc1)NCC(=O)NC(C)(C)C. The molecule has 0 atom stereocenters. The quantitative estimate of drug-likeness (QED) is 0.507. The van der Waals surface area contributed by atoms with Gasteiger partial charge in [-0.25, -0.2) is 0 Å². The molecule has 3 N–H and O–H groups in total. The number of hydrogen-bond acceptors (Lipinski definition) is 3. The minimum atomic E-state index is -0.233. The van der Waals surface area contributed by atoms with Crippen LogP contribution in [0.25, 0.3) is 0 Å². The van der Waals surface area contributed by atoms with Crippen molar-refractivity contribution in [2.24, 2.45) is 4.99 Å². The Morgan fingerprint density at radius 3 is 2.41 bits per heavy atom. The number of amides is 1. The number of carbonyl (C=O) groups is 1. The van der Waals surface area contributed by atoms with Crippen LogP contribution in [0.5, 0.6) is 5.75 Å². The first-order valence-corrected chi connectivity index (χ1v) is 9.87. The lowest BCUT2D eigenvalue weighted by Gasteiger charge is -2.21. The third-order valence-corrected chi connectivity index (χ3v) is 4.39. The van der Waals surface area contributed by atoms with Crippen molar-refractivity contribution < 1.29 is 9.53 Å². The number of carbonyl (C=O) groups excluding carboxylic acids is 1. The molecule has 1 amide bonds. The van der Waals surface area contributed by atoms with Crippen molar-refractivity contribution in [1.29, 1.82) is 0 Å². The summed E-state index contributed by atoms with van der Waals surface area (Å²) in [6, 6.07) is 8.33. The summed E-state index contributed by atoms with van der Waals surface area (Å²) in [5.41, 5.74) is 1.01. The Labute approximate surface area is 163 Å². The smallest absolute Gasteiger partial charge is 0.239 e. The third kappa shape index (κ3) is 8.33. The van der Waals surface area contributed by atoms with Gasteiger partial charge >= 0.3 is 0 Å². The van der Waals surface area contributed by atoms with Crippen LogP contribution in [0.1, 0.15) is 52.0 Å². The summed E-state index contributed by atoms with van der Waals surface area (Å²) in [5, 5.41) is 9.19. The van der Waals surface area contributed by atoms with Crippen molar-refractivity contribution in [3.8, 4) is 5.75 Å². The number of rotatable bonds is 7. The molecule has 150 valence electrons. The number of nitrogens with one attached hydrogen (secondary N) is 3. The van der Waals surface area contributed by atoms with Crippen LogP contribution in [0, 0.1) is 0 Å². The fourth-order valence-electron chi connectivity index (χ4n) is 3.11. The lowest BCUT2D eigenvalue weighted by Crippen LogP contribution is -2.48. The highest BCUT2D eigenvalue weighted by molar-refractivity contribution is 5.86. The molecule has 0 aliphatic heterocycles. The second-order valence-electron chi connectivity index (χ2n) is 8.07. The first-order chi connectivity index (χ1) is 12.9. The highest BCUT2D eigenvalue weighted by atomic mass is 16.5. The fraction of sp³-hybridized carbons (Fsp3) is 0.619. The molecule has 6 heteroatoms. The number of aliphatic imine (C=N–C) groups is 1. The Kier molecular flexibility index (Phi) is 7.95. The maximum Gasteiger partial charge on any atom is 0.239 e. The van der Waals surface area contributed by atoms with Gasteiger partial charge in [-0.05, 0) is 70.6 Å². The molecule has 0 radical (unpaired) electrons. The van der Waals surface area contributed by atoms with Gasteiger partial charge in [0.25, 0.3) is 0 Å². The van der Waals surface area contributed by atoms with E-state index in [1.807, 2.05) is 20.8 Å². The third-order valence-electron chi connectivity index (χ3n) is 4.39. The molecule has 1 saturated carbocycles. The first kappa shape index (κ1) is 21.1. The van der Waals surface area contributed by atoms with E-state index in [4.69, 9.17) is 4.74 Å². The minimum Gasteiger partial charge on any atom is -0.490 e. The number of benzene rings is 1. The van der Waals surface area contributed by atoms with Gasteiger partial charge in [0.05, 0.1) is 12.6 Å². The molecule has 1 aliphatic carbocycles. The second kappa shape index (κ2) is 10.2. The maximum atomic E-state index is 11.9. The van der Waals surface area contributed by atoms with Crippen LogP contribution in [-0.4, -0.2) is 43.6 Å². The van der Waals surface area contributed by atoms with E-state index >= 15 is 0 Å². The second-order valence-corrected chi connectivity index (χ2v) is 8.07. The molecule has 0 unspecified atom stereocenters. The first-order valence-electron chi connectivity index (χ1n) is 9.87. The van der Waals surface area contributed by atoms with Gasteiger partial charge in [-0.2, -0.15) is 0 Å². The molecule has 1 fully saturated rings. The van der Waals surface area contributed by atoms with E-state index in [0.717, 1.165) is 18.7 Å². The molecular formula is C21H34N4O2. The van der Waals surface area contributed by atoms with E-state index < -0.39 is 0 Å². The molecule has 0 bridgehead atoms. The highest BCUT2D eigenvalue weighted by Gasteiger charge is 2.16. The Balaban J connectivity index is 1.68. The average Bonchev–Trinajstić information content (AvgIpc) is 3.11. The van der Waals surface area contributed by atoms with E-state index in [1.54, 1.807) is 7.05 Å². The van der Waals surface area contributed by atoms with Crippen molar-refractivity contribution in [3.05, 3.63) is 29.8 Å². The standard InChI is InChI=1S/C21H34N4O2/c1-21(2,3)25-19(26)15-24-20(22-4)23-14-13-16-9-11-18(12-10-16)27-17-7-5-6-8-17/h9-12,17H,5-8,13-15H2,1-4H3,(H,25,26)(H2,22,23,24). The molecule has 0 saturated heterocycles. The molecule has 1 aromatic carbocycles. The van der Waals surface area contributed by atoms with Gasteiger partial charge in [0, 0.05) is 19.1 Å². The Hall–Kier alpha value is -2.24. The molecule has 0 heterocycles. The van der Waals surface area contributed by atoms with Crippen LogP contribution in [0.15, 0.2) is 29.3 Å². The van der Waals surface area contributed by atoms with Crippen molar-refractivity contribution in [2.75, 3.05) is 20.1 Å². The summed E-state index contributed by atoms with van der Waals surface area (Å²) in [7, 11) is 1.70. The molecule has 1 aliphatic rings. The molecule has 0 aromatic heterocycles. The molecule has 2 rings (SSSR count). The van der Waals surface area contributed by atoms with Gasteiger partial charge in [0.15, 0.2) is 5.96 Å². The van der Waals surface area contributed by atoms with Gasteiger partial charge in [0.1, 0.15) is 5.75 Å². The van der Waals surface area contributed by atoms with Crippen LogP contribution < -0.4 is 20.7 Å². The van der Waals surface area contributed by atoms with Crippen molar-refractivity contribution in [1.82, 2.24) is 16.0 Å². The number of nitrogens with zero attached hydrogens (tertiary/aromatic N) is 1. The zero-order valence-corrected chi connectivity index (χ0v) is 17.1. The van der Waals surface area contributed by atoms with Crippen LogP contribution >= 0.6 is 0 Å².